The predicted octanol–water partition coefficient (Wildman–Crippen LogP) is 2.12. The second-order valence-electron chi connectivity index (χ2n) is 6.60. The summed E-state index contributed by atoms with van der Waals surface area (Å²) in [6, 6.07) is 4.36. The molecule has 2 aliphatic heterocycles. The number of carbonyl (C=O) groups excluding carboxylic acids is 1. The number of nitrogens with zero attached hydrogens (tertiary/aromatic N) is 4. The third kappa shape index (κ3) is 2.70. The standard InChI is InChI=1S/C17H22N4OS/c1-12-4-5-13(23-12)8-20-9-14(17(22)21-6-3-7-21)16-15(10-20)18-11-19(16)2/h4-5,11,14H,3,6-10H2,1-2H3. The van der Waals surface area contributed by atoms with Crippen LogP contribution in [0.3, 0.4) is 0 Å². The molecule has 23 heavy (non-hydrogen) atoms. The molecule has 0 aliphatic carbocycles. The Morgan fingerprint density at radius 3 is 2.87 bits per heavy atom. The van der Waals surface area contributed by atoms with Crippen molar-refractivity contribution in [2.45, 2.75) is 32.4 Å². The molecule has 1 unspecified atom stereocenters. The highest BCUT2D eigenvalue weighted by Gasteiger charge is 2.37. The molecule has 1 atom stereocenters. The van der Waals surface area contributed by atoms with Crippen molar-refractivity contribution in [2.75, 3.05) is 19.6 Å². The molecule has 0 radical (unpaired) electrons. The van der Waals surface area contributed by atoms with E-state index < -0.39 is 0 Å². The number of thiophene rings is 1. The minimum Gasteiger partial charge on any atom is -0.342 e. The normalized spacial score (nSPS) is 21.1. The van der Waals surface area contributed by atoms with Crippen LogP contribution in [0.4, 0.5) is 0 Å². The van der Waals surface area contributed by atoms with Crippen LogP contribution < -0.4 is 0 Å². The number of imidazole rings is 1. The van der Waals surface area contributed by atoms with Gasteiger partial charge in [0, 0.05) is 49.5 Å². The van der Waals surface area contributed by atoms with Gasteiger partial charge in [-0.15, -0.1) is 11.3 Å². The van der Waals surface area contributed by atoms with Crippen LogP contribution in [0.5, 0.6) is 0 Å². The van der Waals surface area contributed by atoms with Crippen LogP contribution in [0.25, 0.3) is 0 Å². The van der Waals surface area contributed by atoms with Crippen molar-refractivity contribution in [3.63, 3.8) is 0 Å². The molecule has 1 fully saturated rings. The van der Waals surface area contributed by atoms with Crippen LogP contribution in [-0.2, 0) is 24.9 Å². The fourth-order valence-electron chi connectivity index (χ4n) is 3.54. The number of carbonyl (C=O) groups is 1. The van der Waals surface area contributed by atoms with Gasteiger partial charge >= 0.3 is 0 Å². The molecule has 122 valence electrons. The quantitative estimate of drug-likeness (QED) is 0.866. The van der Waals surface area contributed by atoms with Crippen molar-refractivity contribution >= 4 is 17.2 Å². The number of likely N-dealkylation sites (tertiary alicyclic amines) is 1. The molecule has 0 aromatic carbocycles. The SMILES string of the molecule is Cc1ccc(CN2Cc3ncn(C)c3C(C(=O)N3CCC3)C2)s1. The van der Waals surface area contributed by atoms with Crippen LogP contribution in [-0.4, -0.2) is 44.9 Å². The number of hydrogen-bond donors (Lipinski definition) is 0. The Hall–Kier alpha value is -1.66. The van der Waals surface area contributed by atoms with E-state index >= 15 is 0 Å². The Bertz CT molecular complexity index is 731. The van der Waals surface area contributed by atoms with E-state index in [4.69, 9.17) is 0 Å². The number of aromatic nitrogens is 2. The van der Waals surface area contributed by atoms with Crippen molar-refractivity contribution < 1.29 is 4.79 Å². The Morgan fingerprint density at radius 2 is 2.22 bits per heavy atom. The predicted molar refractivity (Wildman–Crippen MR) is 90.3 cm³/mol. The van der Waals surface area contributed by atoms with Crippen molar-refractivity contribution in [3.05, 3.63) is 39.6 Å². The first-order chi connectivity index (χ1) is 11.1. The van der Waals surface area contributed by atoms with Gasteiger partial charge < -0.3 is 9.47 Å². The van der Waals surface area contributed by atoms with E-state index in [1.807, 2.05) is 34.2 Å². The number of aryl methyl sites for hydroxylation is 2. The van der Waals surface area contributed by atoms with E-state index in [1.54, 1.807) is 0 Å². The highest BCUT2D eigenvalue weighted by molar-refractivity contribution is 7.11. The second kappa shape index (κ2) is 5.76. The lowest BCUT2D eigenvalue weighted by Crippen LogP contribution is -2.48. The molecule has 1 saturated heterocycles. The summed E-state index contributed by atoms with van der Waals surface area (Å²) < 4.78 is 2.03. The van der Waals surface area contributed by atoms with Crippen molar-refractivity contribution in [1.82, 2.24) is 19.4 Å². The lowest BCUT2D eigenvalue weighted by atomic mass is 9.95. The van der Waals surface area contributed by atoms with Crippen LogP contribution >= 0.6 is 11.3 Å². The number of amides is 1. The Labute approximate surface area is 140 Å². The number of rotatable bonds is 3. The smallest absolute Gasteiger partial charge is 0.233 e. The Kier molecular flexibility index (Phi) is 3.73. The summed E-state index contributed by atoms with van der Waals surface area (Å²) in [4.78, 5) is 24.4. The minimum absolute atomic E-state index is 0.0763. The number of fused-ring (bicyclic) bond motifs is 1. The number of hydrogen-bond acceptors (Lipinski definition) is 4. The van der Waals surface area contributed by atoms with E-state index in [1.165, 1.54) is 9.75 Å². The van der Waals surface area contributed by atoms with Gasteiger partial charge in [-0.25, -0.2) is 4.98 Å². The molecule has 2 aliphatic rings. The maximum absolute atomic E-state index is 12.9. The summed E-state index contributed by atoms with van der Waals surface area (Å²) in [5.41, 5.74) is 2.17. The molecular weight excluding hydrogens is 308 g/mol. The maximum atomic E-state index is 12.9. The average Bonchev–Trinajstić information content (AvgIpc) is 3.03. The summed E-state index contributed by atoms with van der Waals surface area (Å²) >= 11 is 1.84. The summed E-state index contributed by atoms with van der Waals surface area (Å²) in [7, 11) is 2.00. The third-order valence-electron chi connectivity index (χ3n) is 4.85. The first-order valence-electron chi connectivity index (χ1n) is 8.18. The molecule has 2 aromatic rings. The van der Waals surface area contributed by atoms with Gasteiger partial charge in [0.05, 0.1) is 23.6 Å². The van der Waals surface area contributed by atoms with Crippen molar-refractivity contribution in [2.24, 2.45) is 7.05 Å². The average molecular weight is 330 g/mol. The van der Waals surface area contributed by atoms with Gasteiger partial charge in [0.1, 0.15) is 0 Å². The van der Waals surface area contributed by atoms with Gasteiger partial charge in [-0.3, -0.25) is 9.69 Å². The van der Waals surface area contributed by atoms with Gasteiger partial charge in [0.25, 0.3) is 0 Å². The molecule has 0 N–H and O–H groups in total. The molecule has 0 bridgehead atoms. The lowest BCUT2D eigenvalue weighted by molar-refractivity contribution is -0.137. The summed E-state index contributed by atoms with van der Waals surface area (Å²) in [6.07, 6.45) is 2.98. The van der Waals surface area contributed by atoms with Gasteiger partial charge in [0.15, 0.2) is 0 Å². The summed E-state index contributed by atoms with van der Waals surface area (Å²) in [6.45, 7) is 6.48. The minimum atomic E-state index is -0.0763. The van der Waals surface area contributed by atoms with Gasteiger partial charge in [-0.2, -0.15) is 0 Å². The fraction of sp³-hybridized carbons (Fsp3) is 0.529. The zero-order valence-corrected chi connectivity index (χ0v) is 14.5. The van der Waals surface area contributed by atoms with Crippen LogP contribution in [0.1, 0.15) is 33.5 Å². The molecular formula is C17H22N4OS. The molecule has 5 nitrogen and oxygen atoms in total. The lowest BCUT2D eigenvalue weighted by Gasteiger charge is -2.38. The monoisotopic (exact) mass is 330 g/mol. The highest BCUT2D eigenvalue weighted by Crippen LogP contribution is 2.31. The van der Waals surface area contributed by atoms with Crippen LogP contribution in [0, 0.1) is 6.92 Å². The topological polar surface area (TPSA) is 41.4 Å². The molecule has 0 saturated carbocycles. The molecule has 6 heteroatoms. The van der Waals surface area contributed by atoms with Gasteiger partial charge in [-0.05, 0) is 25.5 Å². The van der Waals surface area contributed by atoms with E-state index in [0.29, 0.717) is 0 Å². The van der Waals surface area contributed by atoms with Crippen molar-refractivity contribution in [1.29, 1.82) is 0 Å². The zero-order valence-electron chi connectivity index (χ0n) is 13.7. The van der Waals surface area contributed by atoms with Crippen LogP contribution in [0.15, 0.2) is 18.5 Å². The zero-order chi connectivity index (χ0) is 16.0. The molecule has 1 amide bonds. The van der Waals surface area contributed by atoms with Gasteiger partial charge in [-0.1, -0.05) is 0 Å². The molecule has 4 rings (SSSR count). The Morgan fingerprint density at radius 1 is 1.39 bits per heavy atom. The molecule has 2 aromatic heterocycles. The highest BCUT2D eigenvalue weighted by atomic mass is 32.1. The first kappa shape index (κ1) is 14.9. The van der Waals surface area contributed by atoms with Gasteiger partial charge in [0.2, 0.25) is 5.91 Å². The van der Waals surface area contributed by atoms with E-state index in [-0.39, 0.29) is 11.8 Å². The third-order valence-corrected chi connectivity index (χ3v) is 5.83. The summed E-state index contributed by atoms with van der Waals surface area (Å²) in [5.74, 6) is 0.195. The second-order valence-corrected chi connectivity index (χ2v) is 7.97. The van der Waals surface area contributed by atoms with Crippen LogP contribution in [0.2, 0.25) is 0 Å². The first-order valence-corrected chi connectivity index (χ1v) is 9.00. The largest absolute Gasteiger partial charge is 0.342 e. The van der Waals surface area contributed by atoms with E-state index in [0.717, 1.165) is 50.5 Å². The molecule has 4 heterocycles. The van der Waals surface area contributed by atoms with E-state index in [9.17, 15) is 4.79 Å². The Balaban J connectivity index is 1.59. The molecule has 0 spiro atoms. The fourth-order valence-corrected chi connectivity index (χ4v) is 4.47. The summed E-state index contributed by atoms with van der Waals surface area (Å²) in [5, 5.41) is 0. The maximum Gasteiger partial charge on any atom is 0.233 e. The van der Waals surface area contributed by atoms with E-state index in [2.05, 4.69) is 28.9 Å². The van der Waals surface area contributed by atoms with Crippen molar-refractivity contribution in [3.8, 4) is 0 Å².